The molecule has 0 atom stereocenters. The Morgan fingerprint density at radius 2 is 1.75 bits per heavy atom. The topological polar surface area (TPSA) is 54.6 Å². The first-order chi connectivity index (χ1) is 11.6. The van der Waals surface area contributed by atoms with Crippen LogP contribution in [0.4, 0.5) is 0 Å². The van der Waals surface area contributed by atoms with Gasteiger partial charge in [0.2, 0.25) is 0 Å². The minimum Gasteiger partial charge on any atom is -0.455 e. The first-order valence-electron chi connectivity index (χ1n) is 7.38. The van der Waals surface area contributed by atoms with Gasteiger partial charge in [-0.25, -0.2) is 5.43 Å². The number of aryl methyl sites for hydroxylation is 1. The second-order valence-corrected chi connectivity index (χ2v) is 5.71. The standard InChI is InChI=1S/C19H15ClN2O2/c1-13-2-4-15(5-3-13)19(23)22-21-12-17-10-11-18(24-17)14-6-8-16(20)9-7-14/h2-12H,1H3,(H,22,23)/b21-12+. The van der Waals surface area contributed by atoms with Gasteiger partial charge in [-0.05, 0) is 55.5 Å². The van der Waals surface area contributed by atoms with Gasteiger partial charge in [0.1, 0.15) is 11.5 Å². The Balaban J connectivity index is 1.64. The van der Waals surface area contributed by atoms with Gasteiger partial charge in [0.05, 0.1) is 6.21 Å². The first-order valence-corrected chi connectivity index (χ1v) is 7.75. The fourth-order valence-electron chi connectivity index (χ4n) is 2.12. The van der Waals surface area contributed by atoms with Crippen LogP contribution in [0.25, 0.3) is 11.3 Å². The molecule has 120 valence electrons. The van der Waals surface area contributed by atoms with Crippen LogP contribution in [-0.4, -0.2) is 12.1 Å². The van der Waals surface area contributed by atoms with Crippen molar-refractivity contribution >= 4 is 23.7 Å². The number of nitrogens with one attached hydrogen (secondary N) is 1. The highest BCUT2D eigenvalue weighted by Gasteiger charge is 2.05. The molecule has 1 aromatic heterocycles. The van der Waals surface area contributed by atoms with E-state index in [1.54, 1.807) is 30.3 Å². The first kappa shape index (κ1) is 16.0. The van der Waals surface area contributed by atoms with Crippen LogP contribution >= 0.6 is 11.6 Å². The van der Waals surface area contributed by atoms with Crippen LogP contribution in [0.5, 0.6) is 0 Å². The maximum absolute atomic E-state index is 11.9. The van der Waals surface area contributed by atoms with Crippen LogP contribution < -0.4 is 5.43 Å². The van der Waals surface area contributed by atoms with Crippen molar-refractivity contribution < 1.29 is 9.21 Å². The van der Waals surface area contributed by atoms with Crippen molar-refractivity contribution in [3.8, 4) is 11.3 Å². The predicted molar refractivity (Wildman–Crippen MR) is 95.4 cm³/mol. The van der Waals surface area contributed by atoms with Gasteiger partial charge in [-0.2, -0.15) is 5.10 Å². The highest BCUT2D eigenvalue weighted by molar-refractivity contribution is 6.30. The number of benzene rings is 2. The highest BCUT2D eigenvalue weighted by atomic mass is 35.5. The maximum Gasteiger partial charge on any atom is 0.271 e. The fourth-order valence-corrected chi connectivity index (χ4v) is 2.24. The molecule has 0 aliphatic rings. The molecule has 0 radical (unpaired) electrons. The van der Waals surface area contributed by atoms with E-state index in [2.05, 4.69) is 10.5 Å². The van der Waals surface area contributed by atoms with Crippen molar-refractivity contribution in [1.29, 1.82) is 0 Å². The molecule has 0 bridgehead atoms. The van der Waals surface area contributed by atoms with Gasteiger partial charge in [-0.3, -0.25) is 4.79 Å². The molecule has 1 heterocycles. The molecule has 3 aromatic rings. The van der Waals surface area contributed by atoms with E-state index in [1.807, 2.05) is 37.3 Å². The van der Waals surface area contributed by atoms with Crippen LogP contribution in [0.15, 0.2) is 70.2 Å². The summed E-state index contributed by atoms with van der Waals surface area (Å²) >= 11 is 5.87. The summed E-state index contributed by atoms with van der Waals surface area (Å²) in [5.41, 5.74) is 5.05. The fraction of sp³-hybridized carbons (Fsp3) is 0.0526. The molecule has 5 heteroatoms. The lowest BCUT2D eigenvalue weighted by Crippen LogP contribution is -2.17. The predicted octanol–water partition coefficient (Wildman–Crippen LogP) is 4.67. The maximum atomic E-state index is 11.9. The van der Waals surface area contributed by atoms with Crippen LogP contribution in [0.3, 0.4) is 0 Å². The van der Waals surface area contributed by atoms with E-state index in [-0.39, 0.29) is 5.91 Å². The van der Waals surface area contributed by atoms with E-state index in [4.69, 9.17) is 16.0 Å². The summed E-state index contributed by atoms with van der Waals surface area (Å²) in [6, 6.07) is 18.2. The lowest BCUT2D eigenvalue weighted by atomic mass is 10.1. The zero-order valence-electron chi connectivity index (χ0n) is 13.0. The molecular formula is C19H15ClN2O2. The molecule has 3 rings (SSSR count). The SMILES string of the molecule is Cc1ccc(C(=O)N/N=C/c2ccc(-c3ccc(Cl)cc3)o2)cc1. The third-order valence-corrected chi connectivity index (χ3v) is 3.68. The number of halogens is 1. The van der Waals surface area contributed by atoms with Crippen molar-refractivity contribution in [1.82, 2.24) is 5.43 Å². The Hall–Kier alpha value is -2.85. The lowest BCUT2D eigenvalue weighted by molar-refractivity contribution is 0.0955. The highest BCUT2D eigenvalue weighted by Crippen LogP contribution is 2.23. The normalized spacial score (nSPS) is 10.9. The van der Waals surface area contributed by atoms with Gasteiger partial charge in [-0.15, -0.1) is 0 Å². The summed E-state index contributed by atoms with van der Waals surface area (Å²) in [6.07, 6.45) is 1.46. The molecule has 0 unspecified atom stereocenters. The third kappa shape index (κ3) is 3.91. The van der Waals surface area contributed by atoms with Crippen molar-refractivity contribution in [2.45, 2.75) is 6.92 Å². The van der Waals surface area contributed by atoms with Crippen LogP contribution in [0.1, 0.15) is 21.7 Å². The molecule has 0 aliphatic heterocycles. The molecular weight excluding hydrogens is 324 g/mol. The molecule has 2 aromatic carbocycles. The Kier molecular flexibility index (Phi) is 4.77. The minimum absolute atomic E-state index is 0.268. The number of rotatable bonds is 4. The van der Waals surface area contributed by atoms with E-state index >= 15 is 0 Å². The number of hydrogen-bond acceptors (Lipinski definition) is 3. The second-order valence-electron chi connectivity index (χ2n) is 5.27. The van der Waals surface area contributed by atoms with Crippen LogP contribution in [0, 0.1) is 6.92 Å². The van der Waals surface area contributed by atoms with Gasteiger partial charge in [0.25, 0.3) is 5.91 Å². The monoisotopic (exact) mass is 338 g/mol. The Morgan fingerprint density at radius 1 is 1.04 bits per heavy atom. The number of furan rings is 1. The number of carbonyl (C=O) groups is 1. The summed E-state index contributed by atoms with van der Waals surface area (Å²) in [7, 11) is 0. The van der Waals surface area contributed by atoms with Crippen LogP contribution in [-0.2, 0) is 0 Å². The molecule has 0 saturated heterocycles. The molecule has 1 N–H and O–H groups in total. The molecule has 4 nitrogen and oxygen atoms in total. The average Bonchev–Trinajstić information content (AvgIpc) is 3.05. The molecule has 1 amide bonds. The number of nitrogens with zero attached hydrogens (tertiary/aromatic N) is 1. The zero-order valence-corrected chi connectivity index (χ0v) is 13.7. The average molecular weight is 339 g/mol. The van der Waals surface area contributed by atoms with E-state index in [1.165, 1.54) is 6.21 Å². The minimum atomic E-state index is -0.268. The largest absolute Gasteiger partial charge is 0.455 e. The van der Waals surface area contributed by atoms with Gasteiger partial charge < -0.3 is 4.42 Å². The van der Waals surface area contributed by atoms with E-state index < -0.39 is 0 Å². The number of carbonyl (C=O) groups excluding carboxylic acids is 1. The lowest BCUT2D eigenvalue weighted by Gasteiger charge is -1.99. The van der Waals surface area contributed by atoms with Crippen molar-refractivity contribution in [2.24, 2.45) is 5.10 Å². The second kappa shape index (κ2) is 7.15. The number of hydrazone groups is 1. The van der Waals surface area contributed by atoms with Gasteiger partial charge >= 0.3 is 0 Å². The Bertz CT molecular complexity index is 865. The van der Waals surface area contributed by atoms with Crippen molar-refractivity contribution in [3.05, 3.63) is 82.6 Å². The Morgan fingerprint density at radius 3 is 2.46 bits per heavy atom. The summed E-state index contributed by atoms with van der Waals surface area (Å²) < 4.78 is 5.67. The number of amides is 1. The molecule has 0 saturated carbocycles. The zero-order chi connectivity index (χ0) is 16.9. The smallest absolute Gasteiger partial charge is 0.271 e. The van der Waals surface area contributed by atoms with Crippen LogP contribution in [0.2, 0.25) is 5.02 Å². The molecule has 24 heavy (non-hydrogen) atoms. The van der Waals surface area contributed by atoms with Gasteiger partial charge in [-0.1, -0.05) is 29.3 Å². The molecule has 0 spiro atoms. The van der Waals surface area contributed by atoms with Gasteiger partial charge in [0, 0.05) is 16.1 Å². The summed E-state index contributed by atoms with van der Waals surface area (Å²) in [5.74, 6) is 0.984. The Labute approximate surface area is 144 Å². The van der Waals surface area contributed by atoms with Gasteiger partial charge in [0.15, 0.2) is 0 Å². The van der Waals surface area contributed by atoms with E-state index in [0.717, 1.165) is 11.1 Å². The van der Waals surface area contributed by atoms with Crippen molar-refractivity contribution in [2.75, 3.05) is 0 Å². The van der Waals surface area contributed by atoms with Crippen molar-refractivity contribution in [3.63, 3.8) is 0 Å². The molecule has 0 aliphatic carbocycles. The third-order valence-electron chi connectivity index (χ3n) is 3.43. The molecule has 0 fully saturated rings. The number of hydrogen-bond donors (Lipinski definition) is 1. The summed E-state index contributed by atoms with van der Waals surface area (Å²) in [5, 5.41) is 4.59. The quantitative estimate of drug-likeness (QED) is 0.555. The van der Waals surface area contributed by atoms with E-state index in [0.29, 0.717) is 22.1 Å². The summed E-state index contributed by atoms with van der Waals surface area (Å²) in [4.78, 5) is 11.9. The van der Waals surface area contributed by atoms with E-state index in [9.17, 15) is 4.79 Å². The summed E-state index contributed by atoms with van der Waals surface area (Å²) in [6.45, 7) is 1.97.